The van der Waals surface area contributed by atoms with Gasteiger partial charge in [-0.2, -0.15) is 0 Å². The number of ether oxygens (including phenoxy) is 2. The maximum Gasteiger partial charge on any atom is 0.356 e. The number of aromatic nitrogens is 2. The Labute approximate surface area is 251 Å². The van der Waals surface area contributed by atoms with E-state index in [4.69, 9.17) is 14.5 Å². The fourth-order valence-electron chi connectivity index (χ4n) is 4.76. The largest absolute Gasteiger partial charge is 0.487 e. The first-order valence-corrected chi connectivity index (χ1v) is 14.0. The van der Waals surface area contributed by atoms with Gasteiger partial charge in [-0.15, -0.1) is 0 Å². The molecule has 4 rings (SSSR count). The van der Waals surface area contributed by atoms with E-state index < -0.39 is 11.9 Å². The van der Waals surface area contributed by atoms with Crippen molar-refractivity contribution in [3.63, 3.8) is 0 Å². The SMILES string of the molecule is CCOC(=O)c1ccc(C=CC(=O)NCC(=O)N(C)c2ccc(C)c(COc3cccc4c(C)cc(C)nc34)c2C)cn1. The number of nitrogens with one attached hydrogen (secondary N) is 1. The molecule has 0 atom stereocenters. The van der Waals surface area contributed by atoms with Gasteiger partial charge < -0.3 is 19.7 Å². The number of rotatable bonds is 10. The number of likely N-dealkylation sites (N-methyl/N-ethyl adjacent to an activating group) is 1. The summed E-state index contributed by atoms with van der Waals surface area (Å²) in [6, 6.07) is 15.0. The topological polar surface area (TPSA) is 111 Å². The molecule has 0 radical (unpaired) electrons. The molecule has 0 aliphatic carbocycles. The molecule has 0 aliphatic heterocycles. The number of pyridine rings is 2. The highest BCUT2D eigenvalue weighted by molar-refractivity contribution is 5.99. The van der Waals surface area contributed by atoms with Crippen LogP contribution in [0.3, 0.4) is 0 Å². The smallest absolute Gasteiger partial charge is 0.356 e. The molecule has 0 spiro atoms. The van der Waals surface area contributed by atoms with Gasteiger partial charge in [-0.1, -0.05) is 24.3 Å². The van der Waals surface area contributed by atoms with Crippen molar-refractivity contribution in [1.29, 1.82) is 0 Å². The lowest BCUT2D eigenvalue weighted by Crippen LogP contribution is -2.38. The molecular weight excluding hydrogens is 544 g/mol. The number of nitrogens with zero attached hydrogens (tertiary/aromatic N) is 3. The molecule has 2 aromatic heterocycles. The van der Waals surface area contributed by atoms with Crippen LogP contribution in [0.1, 0.15) is 50.9 Å². The third-order valence-corrected chi connectivity index (χ3v) is 7.16. The van der Waals surface area contributed by atoms with Gasteiger partial charge in [-0.3, -0.25) is 9.59 Å². The fourth-order valence-corrected chi connectivity index (χ4v) is 4.76. The summed E-state index contributed by atoms with van der Waals surface area (Å²) < 4.78 is 11.2. The van der Waals surface area contributed by atoms with Gasteiger partial charge in [0.15, 0.2) is 0 Å². The molecular formula is C34H36N4O5. The van der Waals surface area contributed by atoms with E-state index >= 15 is 0 Å². The van der Waals surface area contributed by atoms with E-state index in [-0.39, 0.29) is 24.8 Å². The minimum absolute atomic E-state index is 0.181. The van der Waals surface area contributed by atoms with Crippen molar-refractivity contribution in [2.45, 2.75) is 41.2 Å². The molecule has 0 bridgehead atoms. The van der Waals surface area contributed by atoms with Crippen LogP contribution in [-0.2, 0) is 20.9 Å². The van der Waals surface area contributed by atoms with Crippen molar-refractivity contribution >= 4 is 40.4 Å². The number of carbonyl (C=O) groups is 3. The zero-order valence-corrected chi connectivity index (χ0v) is 25.4. The number of esters is 1. The van der Waals surface area contributed by atoms with Gasteiger partial charge in [0.05, 0.1) is 13.2 Å². The quantitative estimate of drug-likeness (QED) is 0.197. The molecule has 2 aromatic carbocycles. The van der Waals surface area contributed by atoms with E-state index in [1.54, 1.807) is 26.1 Å². The van der Waals surface area contributed by atoms with E-state index in [0.717, 1.165) is 44.5 Å². The Kier molecular flexibility index (Phi) is 9.87. The van der Waals surface area contributed by atoms with Crippen LogP contribution in [0.15, 0.2) is 60.8 Å². The average molecular weight is 581 g/mol. The first kappa shape index (κ1) is 30.9. The van der Waals surface area contributed by atoms with Crippen LogP contribution in [0, 0.1) is 27.7 Å². The summed E-state index contributed by atoms with van der Waals surface area (Å²) in [7, 11) is 1.68. The number of hydrogen-bond acceptors (Lipinski definition) is 7. The van der Waals surface area contributed by atoms with Crippen molar-refractivity contribution in [1.82, 2.24) is 15.3 Å². The summed E-state index contributed by atoms with van der Waals surface area (Å²) >= 11 is 0. The average Bonchev–Trinajstić information content (AvgIpc) is 2.99. The van der Waals surface area contributed by atoms with E-state index in [0.29, 0.717) is 17.9 Å². The molecule has 222 valence electrons. The van der Waals surface area contributed by atoms with Crippen LogP contribution < -0.4 is 15.0 Å². The minimum Gasteiger partial charge on any atom is -0.487 e. The third kappa shape index (κ3) is 7.43. The highest BCUT2D eigenvalue weighted by Crippen LogP contribution is 2.30. The van der Waals surface area contributed by atoms with E-state index in [9.17, 15) is 14.4 Å². The second-order valence-corrected chi connectivity index (χ2v) is 10.2. The summed E-state index contributed by atoms with van der Waals surface area (Å²) in [6.07, 6.45) is 4.33. The molecule has 0 saturated carbocycles. The van der Waals surface area contributed by atoms with Gasteiger partial charge in [-0.05, 0) is 92.8 Å². The third-order valence-electron chi connectivity index (χ3n) is 7.16. The standard InChI is InChI=1S/C34H36N4O5/c1-7-42-34(41)28-14-12-25(18-35-28)13-16-31(39)36-19-32(40)38(6)29-15-11-21(2)27(24(29)5)20-43-30-10-8-9-26-22(3)17-23(4)37-33(26)30/h8-18H,7,19-20H2,1-6H3,(H,36,39). The number of hydrogen-bond donors (Lipinski definition) is 1. The normalized spacial score (nSPS) is 11.0. The van der Waals surface area contributed by atoms with Crippen molar-refractivity contribution < 1.29 is 23.9 Å². The van der Waals surface area contributed by atoms with Gasteiger partial charge in [0.2, 0.25) is 11.8 Å². The molecule has 2 amide bonds. The van der Waals surface area contributed by atoms with Crippen molar-refractivity contribution in [3.05, 3.63) is 100 Å². The maximum atomic E-state index is 13.0. The van der Waals surface area contributed by atoms with Crippen LogP contribution in [0.4, 0.5) is 5.69 Å². The number of anilines is 1. The molecule has 0 unspecified atom stereocenters. The number of carbonyl (C=O) groups excluding carboxylic acids is 3. The number of amides is 2. The molecule has 4 aromatic rings. The second kappa shape index (κ2) is 13.7. The van der Waals surface area contributed by atoms with Crippen LogP contribution in [0.25, 0.3) is 17.0 Å². The van der Waals surface area contributed by atoms with Gasteiger partial charge in [0.1, 0.15) is 23.6 Å². The molecule has 43 heavy (non-hydrogen) atoms. The van der Waals surface area contributed by atoms with Gasteiger partial charge >= 0.3 is 5.97 Å². The first-order valence-electron chi connectivity index (χ1n) is 14.0. The zero-order valence-electron chi connectivity index (χ0n) is 25.4. The molecule has 0 fully saturated rings. The van der Waals surface area contributed by atoms with Crippen LogP contribution in [-0.4, -0.2) is 48.0 Å². The first-order chi connectivity index (χ1) is 20.6. The number of benzene rings is 2. The summed E-state index contributed by atoms with van der Waals surface area (Å²) in [4.78, 5) is 47.4. The predicted octanol–water partition coefficient (Wildman–Crippen LogP) is 5.41. The maximum absolute atomic E-state index is 13.0. The lowest BCUT2D eigenvalue weighted by atomic mass is 10.0. The summed E-state index contributed by atoms with van der Waals surface area (Å²) in [5.41, 5.74) is 7.39. The Bertz CT molecular complexity index is 1700. The Morgan fingerprint density at radius 2 is 1.79 bits per heavy atom. The molecule has 9 heteroatoms. The predicted molar refractivity (Wildman–Crippen MR) is 167 cm³/mol. The number of para-hydroxylation sites is 1. The summed E-state index contributed by atoms with van der Waals surface area (Å²) in [5.74, 6) is -0.501. The van der Waals surface area contributed by atoms with Crippen molar-refractivity contribution in [2.75, 3.05) is 25.1 Å². The molecule has 1 N–H and O–H groups in total. The number of fused-ring (bicyclic) bond motifs is 1. The second-order valence-electron chi connectivity index (χ2n) is 10.2. The molecule has 9 nitrogen and oxygen atoms in total. The monoisotopic (exact) mass is 580 g/mol. The van der Waals surface area contributed by atoms with E-state index in [1.807, 2.05) is 51.1 Å². The highest BCUT2D eigenvalue weighted by Gasteiger charge is 2.18. The Morgan fingerprint density at radius 3 is 2.51 bits per heavy atom. The van der Waals surface area contributed by atoms with Crippen molar-refractivity contribution in [2.24, 2.45) is 0 Å². The molecule has 0 aliphatic rings. The minimum atomic E-state index is -0.505. The molecule has 0 saturated heterocycles. The van der Waals surface area contributed by atoms with Gasteiger partial charge in [0.25, 0.3) is 0 Å². The van der Waals surface area contributed by atoms with Gasteiger partial charge in [-0.25, -0.2) is 14.8 Å². The van der Waals surface area contributed by atoms with Crippen molar-refractivity contribution in [3.8, 4) is 5.75 Å². The molecule has 2 heterocycles. The summed E-state index contributed by atoms with van der Waals surface area (Å²) in [5, 5.41) is 3.68. The summed E-state index contributed by atoms with van der Waals surface area (Å²) in [6.45, 7) is 10.1. The lowest BCUT2D eigenvalue weighted by molar-refractivity contribution is -0.122. The van der Waals surface area contributed by atoms with Crippen LogP contribution in [0.2, 0.25) is 0 Å². The van der Waals surface area contributed by atoms with E-state index in [2.05, 4.69) is 23.3 Å². The Hall–Kier alpha value is -5.05. The lowest BCUT2D eigenvalue weighted by Gasteiger charge is -2.23. The van der Waals surface area contributed by atoms with Gasteiger partial charge in [0, 0.05) is 36.1 Å². The fraction of sp³-hybridized carbons (Fsp3) is 0.265. The zero-order chi connectivity index (χ0) is 31.1. The van der Waals surface area contributed by atoms with Crippen LogP contribution >= 0.6 is 0 Å². The highest BCUT2D eigenvalue weighted by atomic mass is 16.5. The Morgan fingerprint density at radius 1 is 1.00 bits per heavy atom. The Balaban J connectivity index is 1.39. The van der Waals surface area contributed by atoms with Crippen LogP contribution in [0.5, 0.6) is 5.75 Å². The van der Waals surface area contributed by atoms with E-state index in [1.165, 1.54) is 23.2 Å². The number of aryl methyl sites for hydroxylation is 3.